The van der Waals surface area contributed by atoms with E-state index in [4.69, 9.17) is 20.2 Å². The lowest BCUT2D eigenvalue weighted by Crippen LogP contribution is -2.23. The number of para-hydroxylation sites is 1. The van der Waals surface area contributed by atoms with Crippen LogP contribution in [-0.2, 0) is 0 Å². The summed E-state index contributed by atoms with van der Waals surface area (Å²) in [5, 5.41) is 8.04. The molecule has 0 aliphatic carbocycles. The van der Waals surface area contributed by atoms with Gasteiger partial charge in [0.2, 0.25) is 5.95 Å². The topological polar surface area (TPSA) is 109 Å². The summed E-state index contributed by atoms with van der Waals surface area (Å²) >= 11 is 0. The van der Waals surface area contributed by atoms with Crippen LogP contribution in [0.15, 0.2) is 83.7 Å². The van der Waals surface area contributed by atoms with Gasteiger partial charge in [0.25, 0.3) is 5.56 Å². The van der Waals surface area contributed by atoms with Crippen molar-refractivity contribution >= 4 is 28.5 Å². The van der Waals surface area contributed by atoms with Gasteiger partial charge in [-0.15, -0.1) is 5.10 Å². The SMILES string of the molecule is CCOc1ccc(Nc2nc3nn(-c4ccccc4)c(N)c3c(=O)n2-c2ccc(OCC)cc2)cc1. The number of hydrogen-bond donors (Lipinski definition) is 2. The first-order chi connectivity index (χ1) is 17.6. The van der Waals surface area contributed by atoms with Crippen LogP contribution < -0.4 is 26.1 Å². The number of hydrogen-bond acceptors (Lipinski definition) is 7. The molecule has 3 N–H and O–H groups in total. The number of rotatable bonds is 8. The van der Waals surface area contributed by atoms with Gasteiger partial charge in [0.05, 0.1) is 24.6 Å². The minimum Gasteiger partial charge on any atom is -0.494 e. The standard InChI is InChI=1S/C27H26N6O3/c1-3-35-21-14-10-18(11-15-21)29-27-30-25-23(24(28)33(31-25)20-8-6-5-7-9-20)26(34)32(27)19-12-16-22(17-13-19)36-4-2/h5-17H,3-4,28H2,1-2H3,(H,29,30,31). The first-order valence-corrected chi connectivity index (χ1v) is 11.7. The van der Waals surface area contributed by atoms with E-state index in [1.807, 2.05) is 80.6 Å². The molecular formula is C27H26N6O3. The summed E-state index contributed by atoms with van der Waals surface area (Å²) in [5.41, 5.74) is 8.42. The Bertz CT molecular complexity index is 1540. The number of nitrogens with one attached hydrogen (secondary N) is 1. The third-order valence-corrected chi connectivity index (χ3v) is 5.57. The minimum atomic E-state index is -0.336. The zero-order valence-electron chi connectivity index (χ0n) is 20.0. The Morgan fingerprint density at radius 3 is 2.06 bits per heavy atom. The average molecular weight is 483 g/mol. The van der Waals surface area contributed by atoms with Crippen LogP contribution in [0.25, 0.3) is 22.4 Å². The van der Waals surface area contributed by atoms with Gasteiger partial charge in [0, 0.05) is 5.69 Å². The highest BCUT2D eigenvalue weighted by atomic mass is 16.5. The zero-order chi connectivity index (χ0) is 25.1. The molecule has 0 radical (unpaired) electrons. The van der Waals surface area contributed by atoms with Crippen molar-refractivity contribution < 1.29 is 9.47 Å². The number of benzene rings is 3. The lowest BCUT2D eigenvalue weighted by Gasteiger charge is -2.14. The molecule has 0 bridgehead atoms. The van der Waals surface area contributed by atoms with Gasteiger partial charge in [0.1, 0.15) is 22.7 Å². The molecule has 3 aromatic carbocycles. The largest absolute Gasteiger partial charge is 0.494 e. The van der Waals surface area contributed by atoms with Crippen molar-refractivity contribution in [3.8, 4) is 22.9 Å². The van der Waals surface area contributed by atoms with E-state index in [-0.39, 0.29) is 22.4 Å². The van der Waals surface area contributed by atoms with Gasteiger partial charge in [-0.05, 0) is 74.5 Å². The molecular weight excluding hydrogens is 456 g/mol. The van der Waals surface area contributed by atoms with Crippen molar-refractivity contribution in [3.05, 3.63) is 89.2 Å². The van der Waals surface area contributed by atoms with Crippen molar-refractivity contribution in [3.63, 3.8) is 0 Å². The molecule has 2 heterocycles. The van der Waals surface area contributed by atoms with Crippen molar-refractivity contribution in [1.29, 1.82) is 0 Å². The van der Waals surface area contributed by atoms with Crippen LogP contribution in [0.2, 0.25) is 0 Å². The fraction of sp³-hybridized carbons (Fsp3) is 0.148. The number of aromatic nitrogens is 4. The number of nitrogen functional groups attached to an aromatic ring is 1. The Hall–Kier alpha value is -4.79. The van der Waals surface area contributed by atoms with Gasteiger partial charge in [0.15, 0.2) is 5.65 Å². The molecule has 182 valence electrons. The predicted octanol–water partition coefficient (Wildman–Crippen LogP) is 4.69. The van der Waals surface area contributed by atoms with Crippen LogP contribution in [0.5, 0.6) is 11.5 Å². The van der Waals surface area contributed by atoms with E-state index in [0.29, 0.717) is 30.6 Å². The summed E-state index contributed by atoms with van der Waals surface area (Å²) in [4.78, 5) is 18.6. The Morgan fingerprint density at radius 2 is 1.44 bits per heavy atom. The summed E-state index contributed by atoms with van der Waals surface area (Å²) < 4.78 is 14.1. The quantitative estimate of drug-likeness (QED) is 0.330. The fourth-order valence-corrected chi connectivity index (χ4v) is 3.94. The van der Waals surface area contributed by atoms with Crippen LogP contribution >= 0.6 is 0 Å². The first-order valence-electron chi connectivity index (χ1n) is 11.7. The van der Waals surface area contributed by atoms with E-state index in [0.717, 1.165) is 17.1 Å². The van der Waals surface area contributed by atoms with E-state index in [9.17, 15) is 4.79 Å². The number of fused-ring (bicyclic) bond motifs is 1. The molecule has 36 heavy (non-hydrogen) atoms. The van der Waals surface area contributed by atoms with E-state index < -0.39 is 0 Å². The molecule has 0 aliphatic heterocycles. The Morgan fingerprint density at radius 1 is 0.833 bits per heavy atom. The van der Waals surface area contributed by atoms with Gasteiger partial charge in [-0.25, -0.2) is 9.25 Å². The van der Waals surface area contributed by atoms with E-state index in [1.165, 1.54) is 9.25 Å². The molecule has 0 aliphatic rings. The molecule has 0 unspecified atom stereocenters. The summed E-state index contributed by atoms with van der Waals surface area (Å²) in [6, 6.07) is 24.1. The van der Waals surface area contributed by atoms with E-state index in [1.54, 1.807) is 12.1 Å². The smallest absolute Gasteiger partial charge is 0.272 e. The summed E-state index contributed by atoms with van der Waals surface area (Å²) in [7, 11) is 0. The number of nitrogens with zero attached hydrogens (tertiary/aromatic N) is 4. The highest BCUT2D eigenvalue weighted by Gasteiger charge is 2.20. The highest BCUT2D eigenvalue weighted by molar-refractivity contribution is 5.88. The van der Waals surface area contributed by atoms with Crippen molar-refractivity contribution in [2.24, 2.45) is 0 Å². The third kappa shape index (κ3) is 4.34. The Kier molecular flexibility index (Phi) is 6.27. The van der Waals surface area contributed by atoms with Crippen LogP contribution in [0.1, 0.15) is 13.8 Å². The number of anilines is 3. The normalized spacial score (nSPS) is 10.9. The highest BCUT2D eigenvalue weighted by Crippen LogP contribution is 2.26. The molecule has 2 aromatic heterocycles. The maximum atomic E-state index is 13.9. The van der Waals surface area contributed by atoms with Crippen molar-refractivity contribution in [2.75, 3.05) is 24.3 Å². The first kappa shape index (κ1) is 23.0. The molecule has 9 nitrogen and oxygen atoms in total. The summed E-state index contributed by atoms with van der Waals surface area (Å²) in [6.45, 7) is 4.98. The summed E-state index contributed by atoms with van der Waals surface area (Å²) in [6.07, 6.45) is 0. The lowest BCUT2D eigenvalue weighted by molar-refractivity contribution is 0.340. The van der Waals surface area contributed by atoms with Gasteiger partial charge in [-0.1, -0.05) is 18.2 Å². The monoisotopic (exact) mass is 482 g/mol. The second-order valence-electron chi connectivity index (χ2n) is 7.92. The average Bonchev–Trinajstić information content (AvgIpc) is 3.23. The molecule has 9 heteroatoms. The van der Waals surface area contributed by atoms with Crippen LogP contribution in [0.3, 0.4) is 0 Å². The molecule has 0 saturated heterocycles. The van der Waals surface area contributed by atoms with E-state index in [2.05, 4.69) is 10.4 Å². The molecule has 5 rings (SSSR count). The second-order valence-corrected chi connectivity index (χ2v) is 7.92. The molecule has 0 saturated carbocycles. The number of nitrogens with two attached hydrogens (primary N) is 1. The fourth-order valence-electron chi connectivity index (χ4n) is 3.94. The van der Waals surface area contributed by atoms with E-state index >= 15 is 0 Å². The predicted molar refractivity (Wildman–Crippen MR) is 141 cm³/mol. The molecule has 5 aromatic rings. The Balaban J connectivity index is 1.67. The van der Waals surface area contributed by atoms with Crippen LogP contribution in [-0.4, -0.2) is 32.5 Å². The number of ether oxygens (including phenoxy) is 2. The third-order valence-electron chi connectivity index (χ3n) is 5.57. The van der Waals surface area contributed by atoms with Crippen molar-refractivity contribution in [1.82, 2.24) is 19.3 Å². The van der Waals surface area contributed by atoms with Crippen LogP contribution in [0.4, 0.5) is 17.5 Å². The Labute approximate surface area is 207 Å². The zero-order valence-corrected chi connectivity index (χ0v) is 20.0. The molecule has 0 amide bonds. The molecule has 0 atom stereocenters. The second kappa shape index (κ2) is 9.83. The van der Waals surface area contributed by atoms with Gasteiger partial charge in [-0.3, -0.25) is 4.79 Å². The minimum absolute atomic E-state index is 0.223. The van der Waals surface area contributed by atoms with Crippen molar-refractivity contribution in [2.45, 2.75) is 13.8 Å². The maximum absolute atomic E-state index is 13.9. The van der Waals surface area contributed by atoms with Gasteiger partial charge in [-0.2, -0.15) is 4.98 Å². The maximum Gasteiger partial charge on any atom is 0.272 e. The molecule has 0 spiro atoms. The summed E-state index contributed by atoms with van der Waals surface area (Å²) in [5.74, 6) is 1.99. The van der Waals surface area contributed by atoms with Crippen LogP contribution in [0, 0.1) is 0 Å². The van der Waals surface area contributed by atoms with Gasteiger partial charge < -0.3 is 20.5 Å². The van der Waals surface area contributed by atoms with Gasteiger partial charge >= 0.3 is 0 Å². The molecule has 0 fully saturated rings. The lowest BCUT2D eigenvalue weighted by atomic mass is 10.2.